The van der Waals surface area contributed by atoms with E-state index in [4.69, 9.17) is 4.74 Å². The molecule has 6 nitrogen and oxygen atoms in total. The van der Waals surface area contributed by atoms with Crippen LogP contribution >= 0.6 is 0 Å². The van der Waals surface area contributed by atoms with Crippen molar-refractivity contribution in [2.24, 2.45) is 0 Å². The molecule has 0 fully saturated rings. The van der Waals surface area contributed by atoms with E-state index in [0.717, 1.165) is 5.69 Å². The number of aromatic nitrogens is 2. The highest BCUT2D eigenvalue weighted by atomic mass is 16.5. The lowest BCUT2D eigenvalue weighted by atomic mass is 10.4. The van der Waals surface area contributed by atoms with Crippen LogP contribution in [0.15, 0.2) is 6.07 Å². The number of amides is 1. The summed E-state index contributed by atoms with van der Waals surface area (Å²) >= 11 is 0. The number of hydrogen-bond donors (Lipinski definition) is 2. The number of carbonyl (C=O) groups excluding carboxylic acids is 1. The maximum absolute atomic E-state index is 11.5. The minimum absolute atomic E-state index is 0.0476. The van der Waals surface area contributed by atoms with Crippen LogP contribution in [0.1, 0.15) is 33.4 Å². The zero-order valence-electron chi connectivity index (χ0n) is 12.2. The molecule has 0 saturated carbocycles. The maximum atomic E-state index is 11.5. The van der Waals surface area contributed by atoms with Crippen molar-refractivity contribution < 1.29 is 9.53 Å². The Morgan fingerprint density at radius 2 is 2.00 bits per heavy atom. The van der Waals surface area contributed by atoms with E-state index in [9.17, 15) is 4.79 Å². The fourth-order valence-corrected chi connectivity index (χ4v) is 1.45. The van der Waals surface area contributed by atoms with E-state index >= 15 is 0 Å². The van der Waals surface area contributed by atoms with Crippen molar-refractivity contribution in [3.05, 3.63) is 11.8 Å². The van der Waals surface area contributed by atoms with Gasteiger partial charge >= 0.3 is 0 Å². The van der Waals surface area contributed by atoms with E-state index in [2.05, 4.69) is 20.6 Å². The molecule has 0 bridgehead atoms. The average Bonchev–Trinajstić information content (AvgIpc) is 2.23. The van der Waals surface area contributed by atoms with Crippen LogP contribution in [0.4, 0.5) is 5.95 Å². The first-order valence-corrected chi connectivity index (χ1v) is 6.42. The van der Waals surface area contributed by atoms with Gasteiger partial charge in [0.2, 0.25) is 17.7 Å². The van der Waals surface area contributed by atoms with Gasteiger partial charge in [-0.2, -0.15) is 4.98 Å². The van der Waals surface area contributed by atoms with E-state index in [1.165, 1.54) is 0 Å². The molecule has 1 rings (SSSR count). The predicted molar refractivity (Wildman–Crippen MR) is 74.3 cm³/mol. The van der Waals surface area contributed by atoms with Gasteiger partial charge in [0.05, 0.1) is 12.6 Å². The van der Waals surface area contributed by atoms with Crippen molar-refractivity contribution in [3.63, 3.8) is 0 Å². The lowest BCUT2D eigenvalue weighted by molar-refractivity contribution is -0.119. The van der Waals surface area contributed by atoms with E-state index in [1.54, 1.807) is 6.07 Å². The summed E-state index contributed by atoms with van der Waals surface area (Å²) in [7, 11) is 0. The molecule has 1 amide bonds. The molecule has 0 radical (unpaired) electrons. The summed E-state index contributed by atoms with van der Waals surface area (Å²) in [6, 6.07) is 1.88. The van der Waals surface area contributed by atoms with Crippen LogP contribution in [-0.4, -0.2) is 34.6 Å². The average molecular weight is 266 g/mol. The van der Waals surface area contributed by atoms with Crippen molar-refractivity contribution >= 4 is 11.9 Å². The molecule has 1 aromatic rings. The Bertz CT molecular complexity index is 433. The Hall–Kier alpha value is -1.85. The van der Waals surface area contributed by atoms with Gasteiger partial charge in [-0.05, 0) is 34.6 Å². The van der Waals surface area contributed by atoms with Crippen LogP contribution in [0, 0.1) is 6.92 Å². The number of aryl methyl sites for hydroxylation is 1. The molecule has 0 aliphatic carbocycles. The molecule has 2 N–H and O–H groups in total. The first-order chi connectivity index (χ1) is 8.86. The highest BCUT2D eigenvalue weighted by Gasteiger charge is 2.07. The Morgan fingerprint density at radius 3 is 2.58 bits per heavy atom. The summed E-state index contributed by atoms with van der Waals surface area (Å²) in [6.45, 7) is 9.68. The Labute approximate surface area is 114 Å². The third-order valence-electron chi connectivity index (χ3n) is 2.04. The van der Waals surface area contributed by atoms with E-state index in [1.807, 2.05) is 34.6 Å². The maximum Gasteiger partial charge on any atom is 0.239 e. The van der Waals surface area contributed by atoms with Crippen LogP contribution in [0.25, 0.3) is 0 Å². The monoisotopic (exact) mass is 266 g/mol. The minimum atomic E-state index is -0.0913. The number of rotatable bonds is 6. The third-order valence-corrected chi connectivity index (χ3v) is 2.04. The molecule has 0 aromatic carbocycles. The first kappa shape index (κ1) is 15.2. The number of nitrogens with zero attached hydrogens (tertiary/aromatic N) is 2. The van der Waals surface area contributed by atoms with E-state index in [-0.39, 0.29) is 24.6 Å². The Kier molecular flexibility index (Phi) is 5.54. The van der Waals surface area contributed by atoms with Gasteiger partial charge < -0.3 is 15.4 Å². The molecule has 19 heavy (non-hydrogen) atoms. The topological polar surface area (TPSA) is 76.1 Å². The molecule has 0 atom stereocenters. The van der Waals surface area contributed by atoms with Gasteiger partial charge in [0.15, 0.2) is 0 Å². The SMILES string of the molecule is Cc1cc(OC(C)C)nc(NCC(=O)NC(C)C)n1. The molecular formula is C13H22N4O2. The fourth-order valence-electron chi connectivity index (χ4n) is 1.45. The van der Waals surface area contributed by atoms with Crippen LogP contribution in [-0.2, 0) is 4.79 Å². The van der Waals surface area contributed by atoms with Crippen molar-refractivity contribution in [1.29, 1.82) is 0 Å². The molecule has 0 saturated heterocycles. The quantitative estimate of drug-likeness (QED) is 0.816. The highest BCUT2D eigenvalue weighted by Crippen LogP contribution is 2.13. The zero-order valence-corrected chi connectivity index (χ0v) is 12.2. The molecule has 6 heteroatoms. The molecule has 0 aliphatic heterocycles. The standard InChI is InChI=1S/C13H22N4O2/c1-8(2)15-11(18)7-14-13-16-10(5)6-12(17-13)19-9(3)4/h6,8-9H,7H2,1-5H3,(H,15,18)(H,14,16,17). The molecule has 106 valence electrons. The van der Waals surface area contributed by atoms with Gasteiger partial charge in [0.1, 0.15) is 0 Å². The van der Waals surface area contributed by atoms with Crippen LogP contribution in [0.3, 0.4) is 0 Å². The van der Waals surface area contributed by atoms with Crippen LogP contribution in [0.2, 0.25) is 0 Å². The van der Waals surface area contributed by atoms with Crippen molar-refractivity contribution in [3.8, 4) is 5.88 Å². The van der Waals surface area contributed by atoms with E-state index in [0.29, 0.717) is 11.8 Å². The second-order valence-corrected chi connectivity index (χ2v) is 4.91. The Balaban J connectivity index is 2.63. The lowest BCUT2D eigenvalue weighted by Crippen LogP contribution is -2.35. The predicted octanol–water partition coefficient (Wildman–Crippen LogP) is 1.51. The van der Waals surface area contributed by atoms with Gasteiger partial charge in [-0.1, -0.05) is 0 Å². The first-order valence-electron chi connectivity index (χ1n) is 6.42. The summed E-state index contributed by atoms with van der Waals surface area (Å²) in [5, 5.41) is 5.68. The summed E-state index contributed by atoms with van der Waals surface area (Å²) in [5.74, 6) is 0.815. The Morgan fingerprint density at radius 1 is 1.32 bits per heavy atom. The number of nitrogens with one attached hydrogen (secondary N) is 2. The molecule has 0 spiro atoms. The smallest absolute Gasteiger partial charge is 0.239 e. The van der Waals surface area contributed by atoms with Gasteiger partial charge in [-0.25, -0.2) is 4.98 Å². The van der Waals surface area contributed by atoms with Crippen LogP contribution in [0.5, 0.6) is 5.88 Å². The lowest BCUT2D eigenvalue weighted by Gasteiger charge is -2.12. The second-order valence-electron chi connectivity index (χ2n) is 4.91. The van der Waals surface area contributed by atoms with Gasteiger partial charge in [0, 0.05) is 17.8 Å². The number of ether oxygens (including phenoxy) is 1. The molecule has 1 heterocycles. The number of hydrogen-bond acceptors (Lipinski definition) is 5. The normalized spacial score (nSPS) is 10.7. The van der Waals surface area contributed by atoms with E-state index < -0.39 is 0 Å². The number of carbonyl (C=O) groups is 1. The van der Waals surface area contributed by atoms with Gasteiger partial charge in [0.25, 0.3) is 0 Å². The second kappa shape index (κ2) is 6.92. The fraction of sp³-hybridized carbons (Fsp3) is 0.615. The summed E-state index contributed by atoms with van der Waals surface area (Å²) in [5.41, 5.74) is 0.789. The molecule has 1 aromatic heterocycles. The zero-order chi connectivity index (χ0) is 14.4. The van der Waals surface area contributed by atoms with Crippen molar-refractivity contribution in [2.75, 3.05) is 11.9 Å². The van der Waals surface area contributed by atoms with Gasteiger partial charge in [-0.3, -0.25) is 4.79 Å². The third kappa shape index (κ3) is 6.03. The molecule has 0 unspecified atom stereocenters. The van der Waals surface area contributed by atoms with Gasteiger partial charge in [-0.15, -0.1) is 0 Å². The minimum Gasteiger partial charge on any atom is -0.475 e. The summed E-state index contributed by atoms with van der Waals surface area (Å²) < 4.78 is 5.52. The summed E-state index contributed by atoms with van der Waals surface area (Å²) in [6.07, 6.45) is 0.0476. The highest BCUT2D eigenvalue weighted by molar-refractivity contribution is 5.80. The molecular weight excluding hydrogens is 244 g/mol. The number of anilines is 1. The summed E-state index contributed by atoms with van der Waals surface area (Å²) in [4.78, 5) is 19.9. The van der Waals surface area contributed by atoms with Crippen molar-refractivity contribution in [2.45, 2.75) is 46.8 Å². The van der Waals surface area contributed by atoms with Crippen LogP contribution < -0.4 is 15.4 Å². The van der Waals surface area contributed by atoms with Crippen molar-refractivity contribution in [1.82, 2.24) is 15.3 Å². The molecule has 0 aliphatic rings. The largest absolute Gasteiger partial charge is 0.475 e.